The van der Waals surface area contributed by atoms with Crippen LogP contribution in [0.5, 0.6) is 0 Å². The van der Waals surface area contributed by atoms with E-state index in [1.165, 1.54) is 5.56 Å². The molecule has 1 unspecified atom stereocenters. The van der Waals surface area contributed by atoms with E-state index in [-0.39, 0.29) is 17.4 Å². The molecule has 18 heavy (non-hydrogen) atoms. The third-order valence-electron chi connectivity index (χ3n) is 3.27. The average Bonchev–Trinajstić information content (AvgIpc) is 2.50. The molecule has 3 nitrogen and oxygen atoms in total. The molecule has 1 amide bonds. The Morgan fingerprint density at radius 1 is 1.44 bits per heavy atom. The number of hydrogen-bond donors (Lipinski definition) is 1. The molecule has 3 heteroatoms. The lowest BCUT2D eigenvalue weighted by Crippen LogP contribution is -2.37. The van der Waals surface area contributed by atoms with Crippen LogP contribution in [-0.4, -0.2) is 11.9 Å². The predicted molar refractivity (Wildman–Crippen MR) is 75.6 cm³/mol. The second-order valence-electron chi connectivity index (χ2n) is 6.44. The first kappa shape index (κ1) is 12.9. The molecule has 1 aliphatic heterocycles. The molecule has 2 N–H and O–H groups in total. The maximum atomic E-state index is 12.4. The Hall–Kier alpha value is -1.51. The van der Waals surface area contributed by atoms with Gasteiger partial charge in [-0.2, -0.15) is 0 Å². The summed E-state index contributed by atoms with van der Waals surface area (Å²) in [6.07, 6.45) is 1.47. The van der Waals surface area contributed by atoms with Gasteiger partial charge in [-0.15, -0.1) is 0 Å². The molecule has 0 fully saturated rings. The SMILES string of the molecule is CC1Cc2cc(N)ccc2N1C(=O)CC(C)(C)C. The fourth-order valence-electron chi connectivity index (χ4n) is 2.57. The number of hydrogen-bond acceptors (Lipinski definition) is 2. The Labute approximate surface area is 109 Å². The first-order valence-electron chi connectivity index (χ1n) is 6.48. The molecule has 0 radical (unpaired) electrons. The van der Waals surface area contributed by atoms with Crippen molar-refractivity contribution in [3.8, 4) is 0 Å². The topological polar surface area (TPSA) is 46.3 Å². The van der Waals surface area contributed by atoms with Crippen LogP contribution in [0.4, 0.5) is 11.4 Å². The van der Waals surface area contributed by atoms with Gasteiger partial charge in [-0.1, -0.05) is 20.8 Å². The molecule has 0 saturated heterocycles. The van der Waals surface area contributed by atoms with E-state index in [0.29, 0.717) is 6.42 Å². The minimum atomic E-state index is 0.0212. The molecule has 98 valence electrons. The Balaban J connectivity index is 2.28. The fourth-order valence-corrected chi connectivity index (χ4v) is 2.57. The standard InChI is InChI=1S/C15H22N2O/c1-10-7-11-8-12(16)5-6-13(11)17(10)14(18)9-15(2,3)4/h5-6,8,10H,7,9,16H2,1-4H3. The van der Waals surface area contributed by atoms with Gasteiger partial charge in [0.15, 0.2) is 0 Å². The van der Waals surface area contributed by atoms with Crippen LogP contribution >= 0.6 is 0 Å². The molecular formula is C15H22N2O. The van der Waals surface area contributed by atoms with Crippen molar-refractivity contribution in [2.75, 3.05) is 10.6 Å². The molecular weight excluding hydrogens is 224 g/mol. The minimum Gasteiger partial charge on any atom is -0.399 e. The number of benzene rings is 1. The van der Waals surface area contributed by atoms with E-state index in [1.807, 2.05) is 23.1 Å². The molecule has 1 heterocycles. The highest BCUT2D eigenvalue weighted by Gasteiger charge is 2.32. The van der Waals surface area contributed by atoms with Crippen molar-refractivity contribution in [3.05, 3.63) is 23.8 Å². The summed E-state index contributed by atoms with van der Waals surface area (Å²) in [5.41, 5.74) is 8.81. The van der Waals surface area contributed by atoms with Gasteiger partial charge in [0.1, 0.15) is 0 Å². The van der Waals surface area contributed by atoms with E-state index in [0.717, 1.165) is 17.8 Å². The summed E-state index contributed by atoms with van der Waals surface area (Å²) >= 11 is 0. The van der Waals surface area contributed by atoms with E-state index in [2.05, 4.69) is 27.7 Å². The number of rotatable bonds is 1. The van der Waals surface area contributed by atoms with Crippen molar-refractivity contribution in [2.45, 2.75) is 46.6 Å². The van der Waals surface area contributed by atoms with Crippen molar-refractivity contribution in [2.24, 2.45) is 5.41 Å². The minimum absolute atomic E-state index is 0.0212. The van der Waals surface area contributed by atoms with Crippen LogP contribution < -0.4 is 10.6 Å². The second kappa shape index (κ2) is 4.30. The fraction of sp³-hybridized carbons (Fsp3) is 0.533. The van der Waals surface area contributed by atoms with Crippen LogP contribution in [0.2, 0.25) is 0 Å². The molecule has 0 aliphatic carbocycles. The normalized spacial score (nSPS) is 18.9. The summed E-state index contributed by atoms with van der Waals surface area (Å²) in [4.78, 5) is 14.3. The molecule has 0 aromatic heterocycles. The molecule has 1 aromatic rings. The van der Waals surface area contributed by atoms with Crippen molar-refractivity contribution in [1.82, 2.24) is 0 Å². The summed E-state index contributed by atoms with van der Waals surface area (Å²) in [6.45, 7) is 8.37. The number of fused-ring (bicyclic) bond motifs is 1. The number of anilines is 2. The van der Waals surface area contributed by atoms with Crippen molar-refractivity contribution in [3.63, 3.8) is 0 Å². The van der Waals surface area contributed by atoms with Gasteiger partial charge in [0, 0.05) is 23.8 Å². The van der Waals surface area contributed by atoms with Gasteiger partial charge in [-0.3, -0.25) is 4.79 Å². The summed E-state index contributed by atoms with van der Waals surface area (Å²) in [5, 5.41) is 0. The summed E-state index contributed by atoms with van der Waals surface area (Å²) in [7, 11) is 0. The number of nitrogen functional groups attached to an aromatic ring is 1. The van der Waals surface area contributed by atoms with Crippen LogP contribution in [0.3, 0.4) is 0 Å². The predicted octanol–water partition coefficient (Wildman–Crippen LogP) is 2.98. The van der Waals surface area contributed by atoms with Crippen LogP contribution in [-0.2, 0) is 11.2 Å². The number of carbonyl (C=O) groups excluding carboxylic acids is 1. The third kappa shape index (κ3) is 2.50. The maximum Gasteiger partial charge on any atom is 0.227 e. The van der Waals surface area contributed by atoms with E-state index < -0.39 is 0 Å². The lowest BCUT2D eigenvalue weighted by atomic mass is 9.91. The number of nitrogens with two attached hydrogens (primary N) is 1. The first-order valence-corrected chi connectivity index (χ1v) is 6.48. The summed E-state index contributed by atoms with van der Waals surface area (Å²) in [6, 6.07) is 6.05. The van der Waals surface area contributed by atoms with Gasteiger partial charge in [0.2, 0.25) is 5.91 Å². The Kier molecular flexibility index (Phi) is 3.09. The van der Waals surface area contributed by atoms with Crippen molar-refractivity contribution < 1.29 is 4.79 Å². The van der Waals surface area contributed by atoms with E-state index >= 15 is 0 Å². The number of amides is 1. The lowest BCUT2D eigenvalue weighted by molar-refractivity contribution is -0.120. The zero-order valence-electron chi connectivity index (χ0n) is 11.7. The lowest BCUT2D eigenvalue weighted by Gasteiger charge is -2.27. The highest BCUT2D eigenvalue weighted by atomic mass is 16.2. The van der Waals surface area contributed by atoms with E-state index in [1.54, 1.807) is 0 Å². The van der Waals surface area contributed by atoms with Crippen LogP contribution in [0.15, 0.2) is 18.2 Å². The largest absolute Gasteiger partial charge is 0.399 e. The monoisotopic (exact) mass is 246 g/mol. The molecule has 1 aliphatic rings. The van der Waals surface area contributed by atoms with Gasteiger partial charge >= 0.3 is 0 Å². The van der Waals surface area contributed by atoms with Gasteiger partial charge in [-0.25, -0.2) is 0 Å². The summed E-state index contributed by atoms with van der Waals surface area (Å²) < 4.78 is 0. The maximum absolute atomic E-state index is 12.4. The molecule has 2 rings (SSSR count). The smallest absolute Gasteiger partial charge is 0.227 e. The molecule has 0 saturated carbocycles. The van der Waals surface area contributed by atoms with Crippen molar-refractivity contribution in [1.29, 1.82) is 0 Å². The average molecular weight is 246 g/mol. The molecule has 1 aromatic carbocycles. The van der Waals surface area contributed by atoms with Gasteiger partial charge in [-0.05, 0) is 42.5 Å². The van der Waals surface area contributed by atoms with E-state index in [4.69, 9.17) is 5.73 Å². The highest BCUT2D eigenvalue weighted by Crippen LogP contribution is 2.35. The van der Waals surface area contributed by atoms with Crippen LogP contribution in [0.25, 0.3) is 0 Å². The Morgan fingerprint density at radius 2 is 2.11 bits per heavy atom. The molecule has 0 bridgehead atoms. The van der Waals surface area contributed by atoms with E-state index in [9.17, 15) is 4.79 Å². The zero-order chi connectivity index (χ0) is 13.5. The second-order valence-corrected chi connectivity index (χ2v) is 6.44. The zero-order valence-corrected chi connectivity index (χ0v) is 11.7. The molecule has 0 spiro atoms. The van der Waals surface area contributed by atoms with Gasteiger partial charge in [0.05, 0.1) is 0 Å². The Morgan fingerprint density at radius 3 is 2.72 bits per heavy atom. The van der Waals surface area contributed by atoms with Gasteiger partial charge in [0.25, 0.3) is 0 Å². The summed E-state index contributed by atoms with van der Waals surface area (Å²) in [5.74, 6) is 0.207. The van der Waals surface area contributed by atoms with Gasteiger partial charge < -0.3 is 10.6 Å². The Bertz CT molecular complexity index is 474. The quantitative estimate of drug-likeness (QED) is 0.774. The number of carbonyl (C=O) groups is 1. The van der Waals surface area contributed by atoms with Crippen LogP contribution in [0.1, 0.15) is 39.7 Å². The number of nitrogens with zero attached hydrogens (tertiary/aromatic N) is 1. The first-order chi connectivity index (χ1) is 8.28. The molecule has 1 atom stereocenters. The van der Waals surface area contributed by atoms with Crippen LogP contribution in [0, 0.1) is 5.41 Å². The van der Waals surface area contributed by atoms with Crippen molar-refractivity contribution >= 4 is 17.3 Å². The highest BCUT2D eigenvalue weighted by molar-refractivity contribution is 5.96. The third-order valence-corrected chi connectivity index (χ3v) is 3.27.